The lowest BCUT2D eigenvalue weighted by Crippen LogP contribution is -2.03. The Bertz CT molecular complexity index is 219. The molecule has 0 bridgehead atoms. The summed E-state index contributed by atoms with van der Waals surface area (Å²) in [6.07, 6.45) is 7.35. The summed E-state index contributed by atoms with van der Waals surface area (Å²) in [5, 5.41) is 0.526. The minimum Gasteiger partial charge on any atom is -0.150 e. The van der Waals surface area contributed by atoms with Crippen molar-refractivity contribution in [1.29, 1.82) is 0 Å². The maximum absolute atomic E-state index is 3.70. The lowest BCUT2D eigenvalue weighted by Gasteiger charge is -2.14. The predicted molar refractivity (Wildman–Crippen MR) is 69.9 cm³/mol. The van der Waals surface area contributed by atoms with Crippen molar-refractivity contribution >= 4 is 11.8 Å². The van der Waals surface area contributed by atoms with Gasteiger partial charge in [0.25, 0.3) is 0 Å². The van der Waals surface area contributed by atoms with Crippen LogP contribution < -0.4 is 0 Å². The van der Waals surface area contributed by atoms with Crippen LogP contribution >= 0.6 is 11.8 Å². The lowest BCUT2D eigenvalue weighted by molar-refractivity contribution is 1.09. The first-order chi connectivity index (χ1) is 6.63. The zero-order valence-corrected chi connectivity index (χ0v) is 10.7. The third-order valence-electron chi connectivity index (χ3n) is 2.14. The molecule has 0 fully saturated rings. The van der Waals surface area contributed by atoms with Gasteiger partial charge in [0, 0.05) is 5.25 Å². The highest BCUT2D eigenvalue weighted by Gasteiger charge is 2.07. The molecule has 0 N–H and O–H groups in total. The Balaban J connectivity index is 4.46. The molecule has 0 saturated carbocycles. The Labute approximate surface area is 93.2 Å². The van der Waals surface area contributed by atoms with E-state index < -0.39 is 0 Å². The fraction of sp³-hybridized carbons (Fsp3) is 0.538. The molecule has 0 aromatic carbocycles. The maximum Gasteiger partial charge on any atom is 0.0439 e. The smallest absolute Gasteiger partial charge is 0.0439 e. The second kappa shape index (κ2) is 7.93. The van der Waals surface area contributed by atoms with E-state index in [0.717, 1.165) is 0 Å². The fourth-order valence-electron chi connectivity index (χ4n) is 1.03. The number of rotatable bonds is 6. The van der Waals surface area contributed by atoms with Gasteiger partial charge in [-0.25, -0.2) is 0 Å². The van der Waals surface area contributed by atoms with E-state index in [4.69, 9.17) is 0 Å². The predicted octanol–water partition coefficient (Wildman–Crippen LogP) is 4.60. The summed E-state index contributed by atoms with van der Waals surface area (Å²) in [7, 11) is 0. The van der Waals surface area contributed by atoms with E-state index in [1.54, 1.807) is 0 Å². The van der Waals surface area contributed by atoms with E-state index in [-0.39, 0.29) is 0 Å². The van der Waals surface area contributed by atoms with Crippen molar-refractivity contribution in [3.05, 3.63) is 36.0 Å². The van der Waals surface area contributed by atoms with Gasteiger partial charge in [-0.2, -0.15) is 0 Å². The SMILES string of the molecule is C=CC=CC(SCCC)C(C)=C(C)C. The summed E-state index contributed by atoms with van der Waals surface area (Å²) in [5.41, 5.74) is 2.90. The molecule has 0 aliphatic carbocycles. The Morgan fingerprint density at radius 1 is 1.36 bits per heavy atom. The molecule has 0 saturated heterocycles. The molecular formula is C13H22S. The van der Waals surface area contributed by atoms with Gasteiger partial charge in [0.2, 0.25) is 0 Å². The van der Waals surface area contributed by atoms with Gasteiger partial charge in [-0.05, 0) is 32.9 Å². The van der Waals surface area contributed by atoms with Gasteiger partial charge in [-0.1, -0.05) is 42.9 Å². The lowest BCUT2D eigenvalue weighted by atomic mass is 10.1. The summed E-state index contributed by atoms with van der Waals surface area (Å²) in [5.74, 6) is 1.22. The van der Waals surface area contributed by atoms with Crippen LogP contribution in [0.25, 0.3) is 0 Å². The molecule has 1 atom stereocenters. The second-order valence-corrected chi connectivity index (χ2v) is 4.84. The van der Waals surface area contributed by atoms with Gasteiger partial charge in [-0.15, -0.1) is 11.8 Å². The number of hydrogen-bond acceptors (Lipinski definition) is 1. The molecule has 0 radical (unpaired) electrons. The molecule has 1 unspecified atom stereocenters. The van der Waals surface area contributed by atoms with Crippen molar-refractivity contribution in [2.75, 3.05) is 5.75 Å². The third kappa shape index (κ3) is 5.33. The highest BCUT2D eigenvalue weighted by Crippen LogP contribution is 2.23. The molecule has 0 spiro atoms. The molecule has 0 aromatic heterocycles. The van der Waals surface area contributed by atoms with Crippen LogP contribution in [0.5, 0.6) is 0 Å². The van der Waals surface area contributed by atoms with Crippen LogP contribution in [0.15, 0.2) is 36.0 Å². The highest BCUT2D eigenvalue weighted by molar-refractivity contribution is 8.00. The van der Waals surface area contributed by atoms with E-state index >= 15 is 0 Å². The number of hydrogen-bond donors (Lipinski definition) is 0. The van der Waals surface area contributed by atoms with Crippen molar-refractivity contribution in [2.24, 2.45) is 0 Å². The zero-order chi connectivity index (χ0) is 11.0. The molecule has 0 heterocycles. The molecule has 80 valence electrons. The van der Waals surface area contributed by atoms with Crippen LogP contribution in [0.4, 0.5) is 0 Å². The van der Waals surface area contributed by atoms with Crippen molar-refractivity contribution in [3.8, 4) is 0 Å². The molecule has 14 heavy (non-hydrogen) atoms. The second-order valence-electron chi connectivity index (χ2n) is 3.60. The summed E-state index contributed by atoms with van der Waals surface area (Å²) >= 11 is 2.01. The van der Waals surface area contributed by atoms with Crippen molar-refractivity contribution < 1.29 is 0 Å². The number of allylic oxidation sites excluding steroid dienone is 3. The van der Waals surface area contributed by atoms with Crippen molar-refractivity contribution in [2.45, 2.75) is 39.4 Å². The average Bonchev–Trinajstić information content (AvgIpc) is 2.17. The Morgan fingerprint density at radius 3 is 2.43 bits per heavy atom. The molecule has 0 rings (SSSR count). The monoisotopic (exact) mass is 210 g/mol. The molecule has 1 heteroatoms. The van der Waals surface area contributed by atoms with E-state index in [0.29, 0.717) is 5.25 Å². The zero-order valence-electron chi connectivity index (χ0n) is 9.84. The van der Waals surface area contributed by atoms with Crippen LogP contribution in [0.2, 0.25) is 0 Å². The molecule has 0 aliphatic rings. The average molecular weight is 210 g/mol. The summed E-state index contributed by atoms with van der Waals surface area (Å²) in [6, 6.07) is 0. The van der Waals surface area contributed by atoms with E-state index in [1.165, 1.54) is 23.3 Å². The quantitative estimate of drug-likeness (QED) is 0.456. The van der Waals surface area contributed by atoms with Gasteiger partial charge in [0.1, 0.15) is 0 Å². The van der Waals surface area contributed by atoms with Crippen LogP contribution in [0.1, 0.15) is 34.1 Å². The summed E-state index contributed by atoms with van der Waals surface area (Å²) < 4.78 is 0. The molecule has 0 nitrogen and oxygen atoms in total. The van der Waals surface area contributed by atoms with Crippen LogP contribution in [0, 0.1) is 0 Å². The van der Waals surface area contributed by atoms with Gasteiger partial charge in [0.05, 0.1) is 0 Å². The maximum atomic E-state index is 3.70. The van der Waals surface area contributed by atoms with Crippen LogP contribution in [0.3, 0.4) is 0 Å². The van der Waals surface area contributed by atoms with Crippen molar-refractivity contribution in [1.82, 2.24) is 0 Å². The largest absolute Gasteiger partial charge is 0.150 e. The third-order valence-corrected chi connectivity index (χ3v) is 3.65. The Hall–Kier alpha value is -0.430. The molecule has 0 aromatic rings. The Kier molecular flexibility index (Phi) is 7.68. The first kappa shape index (κ1) is 13.6. The first-order valence-corrected chi connectivity index (χ1v) is 6.23. The van der Waals surface area contributed by atoms with Crippen molar-refractivity contribution in [3.63, 3.8) is 0 Å². The van der Waals surface area contributed by atoms with Gasteiger partial charge < -0.3 is 0 Å². The molecule has 0 amide bonds. The summed E-state index contributed by atoms with van der Waals surface area (Å²) in [6.45, 7) is 12.5. The first-order valence-electron chi connectivity index (χ1n) is 5.18. The van der Waals surface area contributed by atoms with Gasteiger partial charge in [0.15, 0.2) is 0 Å². The minimum absolute atomic E-state index is 0.526. The normalized spacial score (nSPS) is 12.9. The number of thioether (sulfide) groups is 1. The van der Waals surface area contributed by atoms with E-state index in [1.807, 2.05) is 23.9 Å². The fourth-order valence-corrected chi connectivity index (χ4v) is 2.21. The van der Waals surface area contributed by atoms with Crippen LogP contribution in [-0.4, -0.2) is 11.0 Å². The van der Waals surface area contributed by atoms with Crippen LogP contribution in [-0.2, 0) is 0 Å². The topological polar surface area (TPSA) is 0 Å². The van der Waals surface area contributed by atoms with E-state index in [2.05, 4.69) is 40.3 Å². The molecule has 0 aliphatic heterocycles. The molecular weight excluding hydrogens is 188 g/mol. The van der Waals surface area contributed by atoms with E-state index in [9.17, 15) is 0 Å². The van der Waals surface area contributed by atoms with Gasteiger partial charge in [-0.3, -0.25) is 0 Å². The standard InChI is InChI=1S/C13H22S/c1-6-8-9-13(14-10-7-2)12(5)11(3)4/h6,8-9,13H,1,7,10H2,2-5H3. The summed E-state index contributed by atoms with van der Waals surface area (Å²) in [4.78, 5) is 0. The minimum atomic E-state index is 0.526. The van der Waals surface area contributed by atoms with Gasteiger partial charge >= 0.3 is 0 Å². The Morgan fingerprint density at radius 2 is 2.00 bits per heavy atom. The highest BCUT2D eigenvalue weighted by atomic mass is 32.2.